The van der Waals surface area contributed by atoms with Gasteiger partial charge in [-0.1, -0.05) is 15.9 Å². The first-order valence-electron chi connectivity index (χ1n) is 5.69. The number of hydrogen-bond acceptors (Lipinski definition) is 3. The summed E-state index contributed by atoms with van der Waals surface area (Å²) in [5, 5.41) is 9.98. The van der Waals surface area contributed by atoms with Gasteiger partial charge in [0, 0.05) is 11.5 Å². The van der Waals surface area contributed by atoms with E-state index in [2.05, 4.69) is 31.4 Å². The van der Waals surface area contributed by atoms with E-state index in [9.17, 15) is 13.6 Å². The van der Waals surface area contributed by atoms with E-state index < -0.39 is 29.1 Å². The highest BCUT2D eigenvalue weighted by Gasteiger charge is 2.21. The number of carbonyl (C=O) groups is 1. The first-order valence-corrected chi connectivity index (χ1v) is 6.48. The van der Waals surface area contributed by atoms with Crippen molar-refractivity contribution in [3.8, 4) is 0 Å². The molecule has 1 N–H and O–H groups in total. The van der Waals surface area contributed by atoms with Gasteiger partial charge in [-0.05, 0) is 19.1 Å². The predicted octanol–water partition coefficient (Wildman–Crippen LogP) is 2.35. The Kier molecular flexibility index (Phi) is 4.12. The topological polar surface area (TPSA) is 59.8 Å². The predicted molar refractivity (Wildman–Crippen MR) is 70.9 cm³/mol. The molecule has 1 heterocycles. The minimum Gasteiger partial charge on any atom is -0.342 e. The molecule has 0 saturated heterocycles. The average Bonchev–Trinajstić information content (AvgIpc) is 2.73. The third-order valence-corrected chi connectivity index (χ3v) is 3.17. The van der Waals surface area contributed by atoms with Crippen molar-refractivity contribution in [3.63, 3.8) is 0 Å². The molecule has 1 aromatic heterocycles. The standard InChI is InChI=1S/C12H11BrF2N4O/c1-6(11-18-16-5-19(11)2)17-12(20)10-8(14)3-7(13)4-9(10)15/h3-6H,1-2H3,(H,17,20). The zero-order valence-corrected chi connectivity index (χ0v) is 12.3. The molecule has 0 aliphatic carbocycles. The van der Waals surface area contributed by atoms with Crippen molar-refractivity contribution < 1.29 is 13.6 Å². The number of benzene rings is 1. The number of amides is 1. The van der Waals surface area contributed by atoms with Crippen LogP contribution in [0, 0.1) is 11.6 Å². The summed E-state index contributed by atoms with van der Waals surface area (Å²) in [6.07, 6.45) is 1.47. The molecule has 1 atom stereocenters. The smallest absolute Gasteiger partial charge is 0.257 e. The zero-order chi connectivity index (χ0) is 14.9. The molecule has 0 fully saturated rings. The highest BCUT2D eigenvalue weighted by Crippen LogP contribution is 2.20. The molecule has 5 nitrogen and oxygen atoms in total. The molecular weight excluding hydrogens is 334 g/mol. The summed E-state index contributed by atoms with van der Waals surface area (Å²) in [6, 6.07) is 1.54. The average molecular weight is 345 g/mol. The van der Waals surface area contributed by atoms with Crippen LogP contribution in [-0.2, 0) is 7.05 Å². The molecule has 0 saturated carbocycles. The molecule has 20 heavy (non-hydrogen) atoms. The van der Waals surface area contributed by atoms with Gasteiger partial charge < -0.3 is 9.88 Å². The molecule has 0 radical (unpaired) electrons. The molecule has 1 amide bonds. The molecule has 0 aliphatic rings. The molecule has 0 bridgehead atoms. The van der Waals surface area contributed by atoms with Crippen molar-refractivity contribution >= 4 is 21.8 Å². The monoisotopic (exact) mass is 344 g/mol. The Balaban J connectivity index is 2.23. The lowest BCUT2D eigenvalue weighted by atomic mass is 10.1. The summed E-state index contributed by atoms with van der Waals surface area (Å²) in [6.45, 7) is 1.65. The van der Waals surface area contributed by atoms with Crippen LogP contribution in [0.1, 0.15) is 29.1 Å². The van der Waals surface area contributed by atoms with E-state index in [0.29, 0.717) is 5.82 Å². The lowest BCUT2D eigenvalue weighted by Crippen LogP contribution is -2.30. The van der Waals surface area contributed by atoms with Crippen molar-refractivity contribution in [2.24, 2.45) is 7.05 Å². The molecular formula is C12H11BrF2N4O. The number of hydrogen-bond donors (Lipinski definition) is 1. The fourth-order valence-electron chi connectivity index (χ4n) is 1.78. The highest BCUT2D eigenvalue weighted by atomic mass is 79.9. The van der Waals surface area contributed by atoms with Crippen molar-refractivity contribution in [2.75, 3.05) is 0 Å². The van der Waals surface area contributed by atoms with Crippen molar-refractivity contribution in [1.82, 2.24) is 20.1 Å². The van der Waals surface area contributed by atoms with Gasteiger partial charge in [-0.25, -0.2) is 8.78 Å². The van der Waals surface area contributed by atoms with E-state index >= 15 is 0 Å². The van der Waals surface area contributed by atoms with Gasteiger partial charge in [0.25, 0.3) is 5.91 Å². The second-order valence-corrected chi connectivity index (χ2v) is 5.16. The maximum absolute atomic E-state index is 13.7. The fraction of sp³-hybridized carbons (Fsp3) is 0.250. The van der Waals surface area contributed by atoms with Crippen LogP contribution in [-0.4, -0.2) is 20.7 Å². The van der Waals surface area contributed by atoms with Crippen LogP contribution in [0.2, 0.25) is 0 Å². The summed E-state index contributed by atoms with van der Waals surface area (Å²) >= 11 is 2.95. The first-order chi connectivity index (χ1) is 9.40. The maximum Gasteiger partial charge on any atom is 0.257 e. The van der Waals surface area contributed by atoms with E-state index in [0.717, 1.165) is 12.1 Å². The van der Waals surface area contributed by atoms with Gasteiger partial charge in [0.05, 0.1) is 6.04 Å². The molecule has 1 aromatic carbocycles. The van der Waals surface area contributed by atoms with Gasteiger partial charge in [0.1, 0.15) is 23.5 Å². The highest BCUT2D eigenvalue weighted by molar-refractivity contribution is 9.10. The summed E-state index contributed by atoms with van der Waals surface area (Å²) in [5.41, 5.74) is -0.623. The number of nitrogens with one attached hydrogen (secondary N) is 1. The Morgan fingerprint density at radius 1 is 1.40 bits per heavy atom. The summed E-state index contributed by atoms with van der Waals surface area (Å²) < 4.78 is 29.2. The number of rotatable bonds is 3. The van der Waals surface area contributed by atoms with Crippen LogP contribution in [0.4, 0.5) is 8.78 Å². The third-order valence-electron chi connectivity index (χ3n) is 2.72. The molecule has 106 valence electrons. The van der Waals surface area contributed by atoms with Gasteiger partial charge in [0.15, 0.2) is 5.82 Å². The Morgan fingerprint density at radius 2 is 2.00 bits per heavy atom. The van der Waals surface area contributed by atoms with Crippen LogP contribution in [0.3, 0.4) is 0 Å². The quantitative estimate of drug-likeness (QED) is 0.929. The Bertz CT molecular complexity index is 636. The van der Waals surface area contributed by atoms with Gasteiger partial charge in [0.2, 0.25) is 0 Å². The zero-order valence-electron chi connectivity index (χ0n) is 10.7. The molecule has 0 aliphatic heterocycles. The SMILES string of the molecule is CC(NC(=O)c1c(F)cc(Br)cc1F)c1nncn1C. The second kappa shape index (κ2) is 5.66. The van der Waals surface area contributed by atoms with Crippen LogP contribution >= 0.6 is 15.9 Å². The Hall–Kier alpha value is -1.83. The minimum absolute atomic E-state index is 0.227. The fourth-order valence-corrected chi connectivity index (χ4v) is 2.18. The minimum atomic E-state index is -0.931. The number of halogens is 3. The molecule has 2 rings (SSSR count). The third kappa shape index (κ3) is 2.84. The van der Waals surface area contributed by atoms with Crippen molar-refractivity contribution in [1.29, 1.82) is 0 Å². The van der Waals surface area contributed by atoms with Crippen LogP contribution in [0.5, 0.6) is 0 Å². The summed E-state index contributed by atoms with van der Waals surface area (Å²) in [4.78, 5) is 12.0. The number of nitrogens with zero attached hydrogens (tertiary/aromatic N) is 3. The molecule has 0 spiro atoms. The first kappa shape index (κ1) is 14.6. The van der Waals surface area contributed by atoms with Gasteiger partial charge in [-0.2, -0.15) is 0 Å². The van der Waals surface area contributed by atoms with E-state index in [1.807, 2.05) is 0 Å². The lowest BCUT2D eigenvalue weighted by Gasteiger charge is -2.13. The van der Waals surface area contributed by atoms with E-state index in [1.54, 1.807) is 18.5 Å². The Morgan fingerprint density at radius 3 is 2.50 bits per heavy atom. The second-order valence-electron chi connectivity index (χ2n) is 4.24. The van der Waals surface area contributed by atoms with Crippen molar-refractivity contribution in [3.05, 3.63) is 46.0 Å². The van der Waals surface area contributed by atoms with E-state index in [4.69, 9.17) is 0 Å². The number of carbonyl (C=O) groups excluding carboxylic acids is 1. The van der Waals surface area contributed by atoms with E-state index in [-0.39, 0.29) is 4.47 Å². The van der Waals surface area contributed by atoms with Crippen LogP contribution in [0.25, 0.3) is 0 Å². The van der Waals surface area contributed by atoms with Gasteiger partial charge in [-0.3, -0.25) is 4.79 Å². The Labute approximate surface area is 122 Å². The molecule has 8 heteroatoms. The van der Waals surface area contributed by atoms with Crippen LogP contribution < -0.4 is 5.32 Å². The van der Waals surface area contributed by atoms with Crippen LogP contribution in [0.15, 0.2) is 22.9 Å². The largest absolute Gasteiger partial charge is 0.342 e. The van der Waals surface area contributed by atoms with Gasteiger partial charge in [-0.15, -0.1) is 10.2 Å². The van der Waals surface area contributed by atoms with E-state index in [1.165, 1.54) is 6.33 Å². The summed E-state index contributed by atoms with van der Waals surface area (Å²) in [7, 11) is 1.71. The normalized spacial score (nSPS) is 12.2. The maximum atomic E-state index is 13.7. The number of aryl methyl sites for hydroxylation is 1. The summed E-state index contributed by atoms with van der Waals surface area (Å²) in [5.74, 6) is -2.22. The number of aromatic nitrogens is 3. The molecule has 1 unspecified atom stereocenters. The van der Waals surface area contributed by atoms with Gasteiger partial charge >= 0.3 is 0 Å². The lowest BCUT2D eigenvalue weighted by molar-refractivity contribution is 0.0929. The molecule has 2 aromatic rings. The van der Waals surface area contributed by atoms with Crippen molar-refractivity contribution in [2.45, 2.75) is 13.0 Å².